The van der Waals surface area contributed by atoms with Crippen LogP contribution >= 0.6 is 0 Å². The van der Waals surface area contributed by atoms with Gasteiger partial charge in [0.05, 0.1) is 12.1 Å². The first-order chi connectivity index (χ1) is 9.54. The Hall–Kier alpha value is -2.11. The van der Waals surface area contributed by atoms with Crippen molar-refractivity contribution in [2.24, 2.45) is 0 Å². The van der Waals surface area contributed by atoms with E-state index in [1.54, 1.807) is 18.3 Å². The monoisotopic (exact) mass is 278 g/mol. The zero-order chi connectivity index (χ0) is 15.0. The second kappa shape index (κ2) is 8.14. The second-order valence-corrected chi connectivity index (χ2v) is 4.73. The molecular weight excluding hydrogens is 256 g/mol. The van der Waals surface area contributed by atoms with E-state index in [0.717, 1.165) is 13.0 Å². The molecular formula is C14H22N4O2. The summed E-state index contributed by atoms with van der Waals surface area (Å²) < 4.78 is 0. The molecule has 2 amide bonds. The molecule has 0 atom stereocenters. The molecule has 0 spiro atoms. The van der Waals surface area contributed by atoms with Crippen molar-refractivity contribution in [2.75, 3.05) is 18.4 Å². The molecule has 0 saturated heterocycles. The van der Waals surface area contributed by atoms with Crippen LogP contribution in [0.5, 0.6) is 0 Å². The lowest BCUT2D eigenvalue weighted by Gasteiger charge is -2.11. The van der Waals surface area contributed by atoms with E-state index in [9.17, 15) is 9.59 Å². The van der Waals surface area contributed by atoms with Gasteiger partial charge in [-0.15, -0.1) is 0 Å². The SMILES string of the molecule is CCCNc1ncccc1C(=O)NCC(=O)NC(C)C. The van der Waals surface area contributed by atoms with Crippen LogP contribution in [0.3, 0.4) is 0 Å². The molecule has 6 heteroatoms. The van der Waals surface area contributed by atoms with Gasteiger partial charge in [0, 0.05) is 18.8 Å². The summed E-state index contributed by atoms with van der Waals surface area (Å²) in [6, 6.07) is 3.43. The molecule has 20 heavy (non-hydrogen) atoms. The number of aromatic nitrogens is 1. The van der Waals surface area contributed by atoms with Gasteiger partial charge in [-0.2, -0.15) is 0 Å². The van der Waals surface area contributed by atoms with Crippen molar-refractivity contribution in [1.82, 2.24) is 15.6 Å². The van der Waals surface area contributed by atoms with Crippen molar-refractivity contribution >= 4 is 17.6 Å². The largest absolute Gasteiger partial charge is 0.369 e. The highest BCUT2D eigenvalue weighted by molar-refractivity contribution is 6.00. The van der Waals surface area contributed by atoms with Crippen LogP contribution in [0, 0.1) is 0 Å². The first-order valence-corrected chi connectivity index (χ1v) is 6.81. The molecule has 1 rings (SSSR count). The fraction of sp³-hybridized carbons (Fsp3) is 0.500. The van der Waals surface area contributed by atoms with E-state index in [2.05, 4.69) is 20.9 Å². The van der Waals surface area contributed by atoms with Crippen molar-refractivity contribution in [3.05, 3.63) is 23.9 Å². The van der Waals surface area contributed by atoms with E-state index in [4.69, 9.17) is 0 Å². The molecule has 0 radical (unpaired) electrons. The third-order valence-corrected chi connectivity index (χ3v) is 2.45. The van der Waals surface area contributed by atoms with Crippen molar-refractivity contribution < 1.29 is 9.59 Å². The third kappa shape index (κ3) is 5.26. The molecule has 0 aliphatic heterocycles. The summed E-state index contributed by atoms with van der Waals surface area (Å²) in [6.45, 7) is 6.47. The summed E-state index contributed by atoms with van der Waals surface area (Å²) in [5.74, 6) is 0.0204. The number of pyridine rings is 1. The van der Waals surface area contributed by atoms with Crippen LogP contribution in [0.2, 0.25) is 0 Å². The third-order valence-electron chi connectivity index (χ3n) is 2.45. The maximum absolute atomic E-state index is 12.0. The maximum atomic E-state index is 12.0. The van der Waals surface area contributed by atoms with Gasteiger partial charge in [-0.05, 0) is 32.4 Å². The average molecular weight is 278 g/mol. The summed E-state index contributed by atoms with van der Waals surface area (Å²) >= 11 is 0. The van der Waals surface area contributed by atoms with Gasteiger partial charge in [0.2, 0.25) is 5.91 Å². The van der Waals surface area contributed by atoms with Gasteiger partial charge in [0.25, 0.3) is 5.91 Å². The molecule has 0 saturated carbocycles. The number of amides is 2. The minimum absolute atomic E-state index is 0.0425. The Bertz CT molecular complexity index is 460. The van der Waals surface area contributed by atoms with Gasteiger partial charge in [0.1, 0.15) is 5.82 Å². The molecule has 1 aromatic heterocycles. The van der Waals surface area contributed by atoms with E-state index < -0.39 is 0 Å². The highest BCUT2D eigenvalue weighted by Gasteiger charge is 2.13. The minimum atomic E-state index is -0.310. The molecule has 1 aromatic rings. The Morgan fingerprint density at radius 3 is 2.75 bits per heavy atom. The standard InChI is InChI=1S/C14H22N4O2/c1-4-7-15-13-11(6-5-8-16-13)14(20)17-9-12(19)18-10(2)3/h5-6,8,10H,4,7,9H2,1-3H3,(H,15,16)(H,17,20)(H,18,19). The fourth-order valence-electron chi connectivity index (χ4n) is 1.60. The van der Waals surface area contributed by atoms with Gasteiger partial charge in [-0.25, -0.2) is 4.98 Å². The smallest absolute Gasteiger partial charge is 0.255 e. The lowest BCUT2D eigenvalue weighted by molar-refractivity contribution is -0.120. The number of hydrogen-bond acceptors (Lipinski definition) is 4. The van der Waals surface area contributed by atoms with Crippen molar-refractivity contribution in [3.8, 4) is 0 Å². The zero-order valence-corrected chi connectivity index (χ0v) is 12.2. The molecule has 110 valence electrons. The first-order valence-electron chi connectivity index (χ1n) is 6.81. The van der Waals surface area contributed by atoms with Gasteiger partial charge >= 0.3 is 0 Å². The van der Waals surface area contributed by atoms with E-state index in [-0.39, 0.29) is 24.4 Å². The van der Waals surface area contributed by atoms with Crippen LogP contribution in [0.25, 0.3) is 0 Å². The average Bonchev–Trinajstić information content (AvgIpc) is 2.42. The Morgan fingerprint density at radius 2 is 2.10 bits per heavy atom. The number of carbonyl (C=O) groups is 2. The lowest BCUT2D eigenvalue weighted by Crippen LogP contribution is -2.40. The highest BCUT2D eigenvalue weighted by Crippen LogP contribution is 2.10. The van der Waals surface area contributed by atoms with Crippen LogP contribution in [-0.4, -0.2) is 35.9 Å². The quantitative estimate of drug-likeness (QED) is 0.699. The molecule has 0 aromatic carbocycles. The Labute approximate surface area is 119 Å². The molecule has 1 heterocycles. The van der Waals surface area contributed by atoms with Crippen molar-refractivity contribution in [3.63, 3.8) is 0 Å². The van der Waals surface area contributed by atoms with Crippen LogP contribution in [0.4, 0.5) is 5.82 Å². The Balaban J connectivity index is 2.61. The van der Waals surface area contributed by atoms with E-state index in [0.29, 0.717) is 11.4 Å². The van der Waals surface area contributed by atoms with Gasteiger partial charge in [-0.3, -0.25) is 9.59 Å². The fourth-order valence-corrected chi connectivity index (χ4v) is 1.60. The molecule has 0 aliphatic rings. The normalized spacial score (nSPS) is 10.2. The van der Waals surface area contributed by atoms with E-state index in [1.807, 2.05) is 20.8 Å². The van der Waals surface area contributed by atoms with Crippen LogP contribution in [0.15, 0.2) is 18.3 Å². The van der Waals surface area contributed by atoms with Crippen molar-refractivity contribution in [1.29, 1.82) is 0 Å². The van der Waals surface area contributed by atoms with Crippen LogP contribution in [0.1, 0.15) is 37.6 Å². The Morgan fingerprint density at radius 1 is 1.35 bits per heavy atom. The number of hydrogen-bond donors (Lipinski definition) is 3. The number of anilines is 1. The molecule has 0 fully saturated rings. The predicted molar refractivity (Wildman–Crippen MR) is 78.6 cm³/mol. The number of nitrogens with one attached hydrogen (secondary N) is 3. The molecule has 0 unspecified atom stereocenters. The molecule has 0 aliphatic carbocycles. The van der Waals surface area contributed by atoms with E-state index >= 15 is 0 Å². The summed E-state index contributed by atoms with van der Waals surface area (Å²) in [5, 5.41) is 8.39. The van der Waals surface area contributed by atoms with Crippen LogP contribution in [-0.2, 0) is 4.79 Å². The van der Waals surface area contributed by atoms with Gasteiger partial charge in [0.15, 0.2) is 0 Å². The molecule has 0 bridgehead atoms. The highest BCUT2D eigenvalue weighted by atomic mass is 16.2. The number of carbonyl (C=O) groups excluding carboxylic acids is 2. The van der Waals surface area contributed by atoms with Gasteiger partial charge < -0.3 is 16.0 Å². The van der Waals surface area contributed by atoms with Crippen molar-refractivity contribution in [2.45, 2.75) is 33.2 Å². The predicted octanol–water partition coefficient (Wildman–Crippen LogP) is 1.16. The number of nitrogens with zero attached hydrogens (tertiary/aromatic N) is 1. The molecule has 6 nitrogen and oxygen atoms in total. The van der Waals surface area contributed by atoms with E-state index in [1.165, 1.54) is 0 Å². The first kappa shape index (κ1) is 15.9. The van der Waals surface area contributed by atoms with Crippen LogP contribution < -0.4 is 16.0 Å². The number of rotatable bonds is 7. The summed E-state index contributed by atoms with van der Waals surface area (Å²) in [5.41, 5.74) is 0.443. The maximum Gasteiger partial charge on any atom is 0.255 e. The summed E-state index contributed by atoms with van der Waals surface area (Å²) in [4.78, 5) is 27.7. The van der Waals surface area contributed by atoms with Gasteiger partial charge in [-0.1, -0.05) is 6.92 Å². The Kier molecular flexibility index (Phi) is 6.49. The topological polar surface area (TPSA) is 83.1 Å². The summed E-state index contributed by atoms with van der Waals surface area (Å²) in [6.07, 6.45) is 2.56. The lowest BCUT2D eigenvalue weighted by atomic mass is 10.2. The molecule has 3 N–H and O–H groups in total. The zero-order valence-electron chi connectivity index (χ0n) is 12.2. The second-order valence-electron chi connectivity index (χ2n) is 4.73. The summed E-state index contributed by atoms with van der Waals surface area (Å²) in [7, 11) is 0. The minimum Gasteiger partial charge on any atom is -0.369 e.